The van der Waals surface area contributed by atoms with Crippen molar-refractivity contribution < 1.29 is 9.50 Å². The van der Waals surface area contributed by atoms with Crippen molar-refractivity contribution in [3.05, 3.63) is 35.1 Å². The maximum Gasteiger partial charge on any atom is 0.129 e. The summed E-state index contributed by atoms with van der Waals surface area (Å²) in [5.74, 6) is -0.343. The van der Waals surface area contributed by atoms with Gasteiger partial charge >= 0.3 is 0 Å². The van der Waals surface area contributed by atoms with E-state index in [9.17, 15) is 9.50 Å². The van der Waals surface area contributed by atoms with Gasteiger partial charge in [-0.15, -0.1) is 0 Å². The summed E-state index contributed by atoms with van der Waals surface area (Å²) in [5.41, 5.74) is 0.919. The zero-order chi connectivity index (χ0) is 12.3. The molecule has 1 saturated heterocycles. The van der Waals surface area contributed by atoms with Gasteiger partial charge in [0.25, 0.3) is 0 Å². The molecule has 1 aromatic carbocycles. The van der Waals surface area contributed by atoms with Gasteiger partial charge in [-0.1, -0.05) is 6.07 Å². The number of rotatable bonds is 2. The average Bonchev–Trinajstić information content (AvgIpc) is 2.32. The lowest BCUT2D eigenvalue weighted by Crippen LogP contribution is -2.37. The van der Waals surface area contributed by atoms with E-state index in [0.29, 0.717) is 24.2 Å². The highest BCUT2D eigenvalue weighted by atomic mass is 19.1. The van der Waals surface area contributed by atoms with E-state index in [-0.39, 0.29) is 11.9 Å². The summed E-state index contributed by atoms with van der Waals surface area (Å²) in [6, 6.07) is 6.44. The average molecular weight is 234 g/mol. The highest BCUT2D eigenvalue weighted by Gasteiger charge is 2.18. The van der Waals surface area contributed by atoms with E-state index in [1.165, 1.54) is 6.07 Å². The van der Waals surface area contributed by atoms with E-state index >= 15 is 0 Å². The Morgan fingerprint density at radius 3 is 3.00 bits per heavy atom. The van der Waals surface area contributed by atoms with Crippen LogP contribution in [0.5, 0.6) is 0 Å². The van der Waals surface area contributed by atoms with Gasteiger partial charge in [0, 0.05) is 18.7 Å². The lowest BCUT2D eigenvalue weighted by atomic mass is 10.1. The molecule has 1 N–H and O–H groups in total. The standard InChI is InChI=1S/C13H15FN2O/c14-13-6-10(7-15)3-4-11(13)8-16-5-1-2-12(17)9-16/h3-4,6,12,17H,1-2,5,8-9H2/t12-/m0/s1. The van der Waals surface area contributed by atoms with Crippen molar-refractivity contribution in [2.45, 2.75) is 25.5 Å². The zero-order valence-electron chi connectivity index (χ0n) is 9.56. The van der Waals surface area contributed by atoms with Gasteiger partial charge < -0.3 is 5.11 Å². The van der Waals surface area contributed by atoms with Crippen molar-refractivity contribution in [2.24, 2.45) is 0 Å². The highest BCUT2D eigenvalue weighted by Crippen LogP contribution is 2.16. The number of nitriles is 1. The van der Waals surface area contributed by atoms with Crippen molar-refractivity contribution in [2.75, 3.05) is 13.1 Å². The molecule has 1 heterocycles. The monoisotopic (exact) mass is 234 g/mol. The molecule has 1 fully saturated rings. The Labute approximate surface area is 100 Å². The Hall–Kier alpha value is -1.44. The second kappa shape index (κ2) is 5.26. The third kappa shape index (κ3) is 3.02. The van der Waals surface area contributed by atoms with E-state index in [4.69, 9.17) is 5.26 Å². The van der Waals surface area contributed by atoms with Gasteiger partial charge in [0.2, 0.25) is 0 Å². The molecule has 1 aliphatic rings. The number of halogens is 1. The molecule has 1 aliphatic heterocycles. The quantitative estimate of drug-likeness (QED) is 0.846. The summed E-state index contributed by atoms with van der Waals surface area (Å²) in [5, 5.41) is 18.2. The third-order valence-corrected chi connectivity index (χ3v) is 3.06. The molecule has 0 spiro atoms. The number of benzene rings is 1. The number of nitrogens with zero attached hydrogens (tertiary/aromatic N) is 2. The van der Waals surface area contributed by atoms with Gasteiger partial charge in [0.15, 0.2) is 0 Å². The number of hydrogen-bond donors (Lipinski definition) is 1. The van der Waals surface area contributed by atoms with Crippen molar-refractivity contribution in [3.8, 4) is 6.07 Å². The fraction of sp³-hybridized carbons (Fsp3) is 0.462. The summed E-state index contributed by atoms with van der Waals surface area (Å²) in [6.07, 6.45) is 1.47. The fourth-order valence-electron chi connectivity index (χ4n) is 2.16. The first kappa shape index (κ1) is 12.0. The van der Waals surface area contributed by atoms with Crippen LogP contribution in [-0.2, 0) is 6.54 Å². The smallest absolute Gasteiger partial charge is 0.129 e. The fourth-order valence-corrected chi connectivity index (χ4v) is 2.16. The molecule has 0 saturated carbocycles. The lowest BCUT2D eigenvalue weighted by molar-refractivity contribution is 0.0663. The van der Waals surface area contributed by atoms with E-state index in [2.05, 4.69) is 0 Å². The van der Waals surface area contributed by atoms with Crippen molar-refractivity contribution in [3.63, 3.8) is 0 Å². The zero-order valence-corrected chi connectivity index (χ0v) is 9.56. The molecule has 0 bridgehead atoms. The second-order valence-electron chi connectivity index (χ2n) is 4.45. The molecule has 1 aromatic rings. The van der Waals surface area contributed by atoms with Gasteiger partial charge in [-0.3, -0.25) is 4.90 Å². The lowest BCUT2D eigenvalue weighted by Gasteiger charge is -2.30. The van der Waals surface area contributed by atoms with Crippen molar-refractivity contribution in [1.29, 1.82) is 5.26 Å². The maximum absolute atomic E-state index is 13.6. The molecule has 2 rings (SSSR count). The normalized spacial score (nSPS) is 21.1. The third-order valence-electron chi connectivity index (χ3n) is 3.06. The number of β-amino-alcohol motifs (C(OH)–C–C–N with tert-alkyl or cyclic N) is 1. The van der Waals surface area contributed by atoms with Crippen molar-refractivity contribution in [1.82, 2.24) is 4.90 Å². The minimum atomic E-state index is -0.343. The second-order valence-corrected chi connectivity index (χ2v) is 4.45. The Morgan fingerprint density at radius 2 is 2.35 bits per heavy atom. The van der Waals surface area contributed by atoms with Crippen LogP contribution in [-0.4, -0.2) is 29.2 Å². The predicted molar refractivity (Wildman–Crippen MR) is 61.6 cm³/mol. The van der Waals surface area contributed by atoms with Gasteiger partial charge in [-0.05, 0) is 31.5 Å². The molecule has 3 nitrogen and oxygen atoms in total. The Morgan fingerprint density at radius 1 is 1.53 bits per heavy atom. The van der Waals surface area contributed by atoms with Crippen LogP contribution < -0.4 is 0 Å². The molecule has 0 aromatic heterocycles. The number of likely N-dealkylation sites (tertiary alicyclic amines) is 1. The van der Waals surface area contributed by atoms with Crippen molar-refractivity contribution >= 4 is 0 Å². The SMILES string of the molecule is N#Cc1ccc(CN2CCC[C@H](O)C2)c(F)c1. The van der Waals surface area contributed by atoms with Crippen LogP contribution in [0.2, 0.25) is 0 Å². The summed E-state index contributed by atoms with van der Waals surface area (Å²) in [6.45, 7) is 1.98. The minimum Gasteiger partial charge on any atom is -0.392 e. The number of piperidine rings is 1. The molecule has 0 amide bonds. The Balaban J connectivity index is 2.06. The summed E-state index contributed by atoms with van der Waals surface area (Å²) < 4.78 is 13.6. The van der Waals surface area contributed by atoms with E-state index in [1.807, 2.05) is 11.0 Å². The molecular weight excluding hydrogens is 219 g/mol. The molecular formula is C13H15FN2O. The molecule has 0 unspecified atom stereocenters. The summed E-state index contributed by atoms with van der Waals surface area (Å²) >= 11 is 0. The van der Waals surface area contributed by atoms with Gasteiger partial charge in [0.1, 0.15) is 5.82 Å². The van der Waals surface area contributed by atoms with Crippen LogP contribution in [0.1, 0.15) is 24.0 Å². The van der Waals surface area contributed by atoms with Gasteiger partial charge in [-0.2, -0.15) is 5.26 Å². The summed E-state index contributed by atoms with van der Waals surface area (Å²) in [7, 11) is 0. The largest absolute Gasteiger partial charge is 0.392 e. The number of aliphatic hydroxyl groups excluding tert-OH is 1. The van der Waals surface area contributed by atoms with E-state index < -0.39 is 0 Å². The van der Waals surface area contributed by atoms with Crippen LogP contribution in [0.3, 0.4) is 0 Å². The van der Waals surface area contributed by atoms with E-state index in [0.717, 1.165) is 19.4 Å². The molecule has 1 atom stereocenters. The first-order valence-corrected chi connectivity index (χ1v) is 5.78. The van der Waals surface area contributed by atoms with Crippen LogP contribution in [0, 0.1) is 17.1 Å². The molecule has 0 aliphatic carbocycles. The molecule has 90 valence electrons. The summed E-state index contributed by atoms with van der Waals surface area (Å²) in [4.78, 5) is 2.04. The highest BCUT2D eigenvalue weighted by molar-refractivity contribution is 5.32. The molecule has 17 heavy (non-hydrogen) atoms. The maximum atomic E-state index is 13.6. The van der Waals surface area contributed by atoms with Crippen LogP contribution in [0.15, 0.2) is 18.2 Å². The predicted octanol–water partition coefficient (Wildman–Crippen LogP) is 1.65. The first-order valence-electron chi connectivity index (χ1n) is 5.78. The molecule has 4 heteroatoms. The topological polar surface area (TPSA) is 47.3 Å². The Bertz CT molecular complexity index is 442. The van der Waals surface area contributed by atoms with Crippen LogP contribution >= 0.6 is 0 Å². The first-order chi connectivity index (χ1) is 8.19. The minimum absolute atomic E-state index is 0.301. The van der Waals surface area contributed by atoms with E-state index in [1.54, 1.807) is 12.1 Å². The van der Waals surface area contributed by atoms with Gasteiger partial charge in [-0.25, -0.2) is 4.39 Å². The number of hydrogen-bond acceptors (Lipinski definition) is 3. The van der Waals surface area contributed by atoms with Crippen LogP contribution in [0.25, 0.3) is 0 Å². The van der Waals surface area contributed by atoms with Gasteiger partial charge in [0.05, 0.1) is 17.7 Å². The van der Waals surface area contributed by atoms with Crippen LogP contribution in [0.4, 0.5) is 4.39 Å². The number of aliphatic hydroxyl groups is 1. The Kier molecular flexibility index (Phi) is 3.72. The molecule has 0 radical (unpaired) electrons.